The zero-order valence-electron chi connectivity index (χ0n) is 9.30. The number of fused-ring (bicyclic) bond motifs is 2. The average molecular weight is 212 g/mol. The summed E-state index contributed by atoms with van der Waals surface area (Å²) in [6.45, 7) is 0. The van der Waals surface area contributed by atoms with Gasteiger partial charge in [-0.1, -0.05) is 42.0 Å². The van der Waals surface area contributed by atoms with Crippen LogP contribution in [0.25, 0.3) is 6.08 Å². The van der Waals surface area contributed by atoms with E-state index in [-0.39, 0.29) is 5.92 Å². The third-order valence-corrected chi connectivity index (χ3v) is 4.12. The van der Waals surface area contributed by atoms with Crippen LogP contribution in [0.15, 0.2) is 35.9 Å². The fourth-order valence-corrected chi connectivity index (χ4v) is 3.34. The van der Waals surface area contributed by atoms with Crippen LogP contribution in [0.5, 0.6) is 0 Å². The van der Waals surface area contributed by atoms with Gasteiger partial charge < -0.3 is 4.79 Å². The molecule has 3 atom stereocenters. The van der Waals surface area contributed by atoms with E-state index in [2.05, 4.69) is 30.3 Å². The van der Waals surface area contributed by atoms with Gasteiger partial charge in [-0.3, -0.25) is 0 Å². The van der Waals surface area contributed by atoms with Crippen LogP contribution < -0.4 is 0 Å². The molecule has 2 aliphatic rings. The summed E-state index contributed by atoms with van der Waals surface area (Å²) in [4.78, 5) is 11.2. The topological polar surface area (TPSA) is 17.1 Å². The monoisotopic (exact) mass is 212 g/mol. The van der Waals surface area contributed by atoms with E-state index in [1.165, 1.54) is 36.7 Å². The second-order valence-electron chi connectivity index (χ2n) is 4.99. The molecule has 2 saturated carbocycles. The van der Waals surface area contributed by atoms with Crippen molar-refractivity contribution < 1.29 is 4.79 Å². The van der Waals surface area contributed by atoms with Crippen LogP contribution in [0.1, 0.15) is 24.8 Å². The highest BCUT2D eigenvalue weighted by Gasteiger charge is 2.43. The lowest BCUT2D eigenvalue weighted by Crippen LogP contribution is -2.14. The normalized spacial score (nSPS) is 34.5. The van der Waals surface area contributed by atoms with Crippen LogP contribution >= 0.6 is 0 Å². The van der Waals surface area contributed by atoms with Crippen LogP contribution in [-0.4, -0.2) is 6.29 Å². The Balaban J connectivity index is 1.94. The number of carbonyl (C=O) groups is 1. The highest BCUT2D eigenvalue weighted by Crippen LogP contribution is 2.51. The predicted molar refractivity (Wildman–Crippen MR) is 64.8 cm³/mol. The molecule has 2 fully saturated rings. The van der Waals surface area contributed by atoms with E-state index >= 15 is 0 Å². The first kappa shape index (κ1) is 9.83. The van der Waals surface area contributed by atoms with Gasteiger partial charge in [0.1, 0.15) is 6.29 Å². The molecule has 0 N–H and O–H groups in total. The van der Waals surface area contributed by atoms with Crippen LogP contribution in [0, 0.1) is 17.8 Å². The molecule has 0 aromatic heterocycles. The first-order chi connectivity index (χ1) is 7.88. The number of hydrogen-bond donors (Lipinski definition) is 0. The molecule has 2 bridgehead atoms. The molecule has 3 unspecified atom stereocenters. The van der Waals surface area contributed by atoms with Gasteiger partial charge in [-0.15, -0.1) is 0 Å². The third-order valence-electron chi connectivity index (χ3n) is 4.12. The van der Waals surface area contributed by atoms with Crippen LogP contribution in [0.3, 0.4) is 0 Å². The summed E-state index contributed by atoms with van der Waals surface area (Å²) in [5.74, 6) is 1.52. The summed E-state index contributed by atoms with van der Waals surface area (Å²) in [5, 5.41) is 0. The first-order valence-corrected chi connectivity index (χ1v) is 6.10. The molecule has 0 saturated heterocycles. The summed E-state index contributed by atoms with van der Waals surface area (Å²) >= 11 is 0. The Morgan fingerprint density at radius 3 is 2.69 bits per heavy atom. The second kappa shape index (κ2) is 3.89. The molecule has 1 heteroatoms. The van der Waals surface area contributed by atoms with Crippen molar-refractivity contribution >= 4 is 12.4 Å². The molecule has 82 valence electrons. The average Bonchev–Trinajstić information content (AvgIpc) is 2.91. The Kier molecular flexibility index (Phi) is 2.39. The van der Waals surface area contributed by atoms with E-state index in [4.69, 9.17) is 0 Å². The maximum atomic E-state index is 11.2. The quantitative estimate of drug-likeness (QED) is 0.687. The molecule has 1 aromatic carbocycles. The fraction of sp³-hybridized carbons (Fsp3) is 0.400. The molecule has 0 spiro atoms. The number of hydrogen-bond acceptors (Lipinski definition) is 1. The van der Waals surface area contributed by atoms with Gasteiger partial charge in [-0.05, 0) is 36.7 Å². The molecule has 1 aromatic rings. The van der Waals surface area contributed by atoms with Gasteiger partial charge in [-0.2, -0.15) is 0 Å². The van der Waals surface area contributed by atoms with Gasteiger partial charge in [0.2, 0.25) is 0 Å². The predicted octanol–water partition coefficient (Wildman–Crippen LogP) is 3.32. The van der Waals surface area contributed by atoms with E-state index in [1.807, 2.05) is 6.07 Å². The van der Waals surface area contributed by atoms with Crippen LogP contribution in [0.2, 0.25) is 0 Å². The van der Waals surface area contributed by atoms with Crippen molar-refractivity contribution in [3.63, 3.8) is 0 Å². The van der Waals surface area contributed by atoms with Gasteiger partial charge >= 0.3 is 0 Å². The minimum Gasteiger partial charge on any atom is -0.303 e. The molecule has 3 rings (SSSR count). The van der Waals surface area contributed by atoms with Crippen molar-refractivity contribution in [2.24, 2.45) is 17.8 Å². The minimum absolute atomic E-state index is 0.207. The Bertz CT molecular complexity index is 418. The van der Waals surface area contributed by atoms with Crippen molar-refractivity contribution in [1.29, 1.82) is 0 Å². The second-order valence-corrected chi connectivity index (χ2v) is 4.99. The van der Waals surface area contributed by atoms with Crippen molar-refractivity contribution in [3.05, 3.63) is 41.5 Å². The fourth-order valence-electron chi connectivity index (χ4n) is 3.34. The molecular formula is C15H16O. The maximum Gasteiger partial charge on any atom is 0.127 e. The number of carbonyl (C=O) groups excluding carboxylic acids is 1. The number of aldehydes is 1. The van der Waals surface area contributed by atoms with Crippen molar-refractivity contribution in [2.75, 3.05) is 0 Å². The van der Waals surface area contributed by atoms with Gasteiger partial charge in [0.25, 0.3) is 0 Å². The Hall–Kier alpha value is -1.37. The highest BCUT2D eigenvalue weighted by atomic mass is 16.1. The maximum absolute atomic E-state index is 11.2. The van der Waals surface area contributed by atoms with E-state index < -0.39 is 0 Å². The lowest BCUT2D eigenvalue weighted by atomic mass is 9.84. The van der Waals surface area contributed by atoms with E-state index in [0.29, 0.717) is 11.8 Å². The summed E-state index contributed by atoms with van der Waals surface area (Å²) in [5.41, 5.74) is 2.62. The minimum atomic E-state index is 0.207. The van der Waals surface area contributed by atoms with Gasteiger partial charge in [0, 0.05) is 5.92 Å². The molecule has 0 heterocycles. The summed E-state index contributed by atoms with van der Waals surface area (Å²) in [7, 11) is 0. The summed E-state index contributed by atoms with van der Waals surface area (Å²) in [6.07, 6.45) is 7.18. The van der Waals surface area contributed by atoms with Gasteiger partial charge in [-0.25, -0.2) is 0 Å². The molecule has 0 radical (unpaired) electrons. The smallest absolute Gasteiger partial charge is 0.127 e. The Morgan fingerprint density at radius 1 is 1.12 bits per heavy atom. The summed E-state index contributed by atoms with van der Waals surface area (Å²) in [6, 6.07) is 10.4. The Labute approximate surface area is 96.2 Å². The molecular weight excluding hydrogens is 196 g/mol. The van der Waals surface area contributed by atoms with Crippen molar-refractivity contribution in [3.8, 4) is 0 Å². The molecule has 1 nitrogen and oxygen atoms in total. The molecule has 0 amide bonds. The Morgan fingerprint density at radius 2 is 1.94 bits per heavy atom. The largest absolute Gasteiger partial charge is 0.303 e. The van der Waals surface area contributed by atoms with E-state index in [1.54, 1.807) is 0 Å². The van der Waals surface area contributed by atoms with Gasteiger partial charge in [0.15, 0.2) is 0 Å². The molecule has 2 aliphatic carbocycles. The van der Waals surface area contributed by atoms with Crippen LogP contribution in [0.4, 0.5) is 0 Å². The lowest BCUT2D eigenvalue weighted by molar-refractivity contribution is -0.111. The SMILES string of the molecule is O=CC1C(=Cc2ccccc2)C2CCC1C2. The summed E-state index contributed by atoms with van der Waals surface area (Å²) < 4.78 is 0. The number of benzene rings is 1. The lowest BCUT2D eigenvalue weighted by Gasteiger charge is -2.19. The van der Waals surface area contributed by atoms with E-state index in [9.17, 15) is 4.79 Å². The molecule has 16 heavy (non-hydrogen) atoms. The zero-order chi connectivity index (χ0) is 11.0. The van der Waals surface area contributed by atoms with Crippen molar-refractivity contribution in [2.45, 2.75) is 19.3 Å². The number of rotatable bonds is 2. The highest BCUT2D eigenvalue weighted by molar-refractivity contribution is 5.68. The molecule has 0 aliphatic heterocycles. The van der Waals surface area contributed by atoms with E-state index in [0.717, 1.165) is 0 Å². The number of allylic oxidation sites excluding steroid dienone is 1. The third kappa shape index (κ3) is 1.51. The standard InChI is InChI=1S/C15H16O/c16-10-15-13-7-6-12(9-13)14(15)8-11-4-2-1-3-5-11/h1-5,8,10,12-13,15H,6-7,9H2. The van der Waals surface area contributed by atoms with Gasteiger partial charge in [0.05, 0.1) is 0 Å². The van der Waals surface area contributed by atoms with Crippen molar-refractivity contribution in [1.82, 2.24) is 0 Å². The zero-order valence-corrected chi connectivity index (χ0v) is 9.30. The van der Waals surface area contributed by atoms with Crippen LogP contribution in [-0.2, 0) is 4.79 Å². The first-order valence-electron chi connectivity index (χ1n) is 6.10.